The number of thiocarbonyl (C=S) groups is 1. The molecule has 1 atom stereocenters. The molecule has 0 amide bonds. The minimum absolute atomic E-state index is 0.0706. The van der Waals surface area contributed by atoms with Crippen molar-refractivity contribution < 1.29 is 4.79 Å². The van der Waals surface area contributed by atoms with E-state index in [1.165, 1.54) is 0 Å². The van der Waals surface area contributed by atoms with Gasteiger partial charge in [-0.3, -0.25) is 4.79 Å². The molecule has 74 valence electrons. The van der Waals surface area contributed by atoms with Crippen LogP contribution in [0.1, 0.15) is 10.4 Å². The van der Waals surface area contributed by atoms with Crippen molar-refractivity contribution in [3.8, 4) is 0 Å². The minimum atomic E-state index is -0.271. The van der Waals surface area contributed by atoms with Gasteiger partial charge in [-0.15, -0.1) is 0 Å². The lowest BCUT2D eigenvalue weighted by atomic mass is 9.92. The lowest BCUT2D eigenvalue weighted by molar-refractivity contribution is 0.0973. The summed E-state index contributed by atoms with van der Waals surface area (Å²) in [6.45, 7) is 0. The molecule has 0 heterocycles. The van der Waals surface area contributed by atoms with E-state index < -0.39 is 0 Å². The summed E-state index contributed by atoms with van der Waals surface area (Å²) in [6.07, 6.45) is 7.37. The predicted octanol–water partition coefficient (Wildman–Crippen LogP) is 2.98. The summed E-state index contributed by atoms with van der Waals surface area (Å²) in [5, 5.41) is 0. The Hall–Kier alpha value is -1.54. The highest BCUT2D eigenvalue weighted by molar-refractivity contribution is 7.80. The molecule has 1 unspecified atom stereocenters. The van der Waals surface area contributed by atoms with Gasteiger partial charge in [0, 0.05) is 10.4 Å². The van der Waals surface area contributed by atoms with E-state index in [-0.39, 0.29) is 11.7 Å². The summed E-state index contributed by atoms with van der Waals surface area (Å²) in [7, 11) is 0. The molecule has 0 N–H and O–H groups in total. The van der Waals surface area contributed by atoms with Crippen LogP contribution in [-0.2, 0) is 0 Å². The molecule has 0 saturated carbocycles. The second-order valence-corrected chi connectivity index (χ2v) is 3.83. The quantitative estimate of drug-likeness (QED) is 0.556. The van der Waals surface area contributed by atoms with Crippen molar-refractivity contribution in [3.05, 3.63) is 60.2 Å². The van der Waals surface area contributed by atoms with Gasteiger partial charge in [0.15, 0.2) is 5.78 Å². The number of Topliss-reactive ketones (excluding diaryl/α,β-unsaturated/α-hetero) is 1. The van der Waals surface area contributed by atoms with Crippen molar-refractivity contribution in [2.45, 2.75) is 0 Å². The van der Waals surface area contributed by atoms with Crippen molar-refractivity contribution in [2.75, 3.05) is 0 Å². The fourth-order valence-electron chi connectivity index (χ4n) is 1.52. The fourth-order valence-corrected chi connectivity index (χ4v) is 1.79. The van der Waals surface area contributed by atoms with E-state index in [1.54, 1.807) is 6.08 Å². The molecule has 0 bridgehead atoms. The van der Waals surface area contributed by atoms with Crippen LogP contribution in [0, 0.1) is 5.92 Å². The van der Waals surface area contributed by atoms with E-state index in [0.29, 0.717) is 10.4 Å². The Kier molecular flexibility index (Phi) is 2.88. The van der Waals surface area contributed by atoms with Gasteiger partial charge >= 0.3 is 0 Å². The van der Waals surface area contributed by atoms with Gasteiger partial charge in [-0.2, -0.15) is 0 Å². The van der Waals surface area contributed by atoms with E-state index in [4.69, 9.17) is 12.2 Å². The molecular weight excluding hydrogens is 204 g/mol. The van der Waals surface area contributed by atoms with E-state index in [0.717, 1.165) is 0 Å². The SMILES string of the molecule is O=C(c1ccccc1)C1C=CC=CC1=S. The molecule has 1 aromatic carbocycles. The van der Waals surface area contributed by atoms with Crippen LogP contribution in [0.15, 0.2) is 54.6 Å². The Morgan fingerprint density at radius 3 is 2.53 bits per heavy atom. The first-order valence-electron chi connectivity index (χ1n) is 4.77. The maximum Gasteiger partial charge on any atom is 0.174 e. The van der Waals surface area contributed by atoms with E-state index in [1.807, 2.05) is 48.6 Å². The average molecular weight is 214 g/mol. The van der Waals surface area contributed by atoms with Crippen molar-refractivity contribution in [2.24, 2.45) is 5.92 Å². The monoisotopic (exact) mass is 214 g/mol. The summed E-state index contributed by atoms with van der Waals surface area (Å²) in [5.41, 5.74) is 0.713. The van der Waals surface area contributed by atoms with Gasteiger partial charge in [0.1, 0.15) is 0 Å². The zero-order valence-corrected chi connectivity index (χ0v) is 8.91. The maximum atomic E-state index is 12.0. The van der Waals surface area contributed by atoms with Crippen LogP contribution in [-0.4, -0.2) is 10.6 Å². The number of ketones is 1. The molecule has 1 nitrogen and oxygen atoms in total. The first-order valence-corrected chi connectivity index (χ1v) is 5.18. The number of allylic oxidation sites excluding steroid dienone is 4. The Bertz CT molecular complexity index is 443. The van der Waals surface area contributed by atoms with E-state index >= 15 is 0 Å². The van der Waals surface area contributed by atoms with Gasteiger partial charge in [-0.25, -0.2) is 0 Å². The number of hydrogen-bond acceptors (Lipinski definition) is 2. The highest BCUT2D eigenvalue weighted by Gasteiger charge is 2.20. The Morgan fingerprint density at radius 2 is 1.87 bits per heavy atom. The molecule has 1 aliphatic rings. The van der Waals surface area contributed by atoms with Gasteiger partial charge in [0.2, 0.25) is 0 Å². The highest BCUT2D eigenvalue weighted by atomic mass is 32.1. The zero-order valence-electron chi connectivity index (χ0n) is 8.09. The molecule has 0 radical (unpaired) electrons. The molecule has 0 saturated heterocycles. The van der Waals surface area contributed by atoms with Crippen LogP contribution in [0.2, 0.25) is 0 Å². The lowest BCUT2D eigenvalue weighted by Crippen LogP contribution is -2.20. The lowest BCUT2D eigenvalue weighted by Gasteiger charge is -2.12. The molecule has 1 aliphatic carbocycles. The molecule has 0 fully saturated rings. The largest absolute Gasteiger partial charge is 0.293 e. The molecule has 0 spiro atoms. The second kappa shape index (κ2) is 4.32. The number of rotatable bonds is 2. The normalized spacial score (nSPS) is 19.2. The molecule has 2 rings (SSSR count). The molecule has 1 aromatic rings. The zero-order chi connectivity index (χ0) is 10.7. The second-order valence-electron chi connectivity index (χ2n) is 3.35. The summed E-state index contributed by atoms with van der Waals surface area (Å²) < 4.78 is 0. The molecule has 2 heteroatoms. The number of carbonyl (C=O) groups is 1. The van der Waals surface area contributed by atoms with Gasteiger partial charge in [-0.1, -0.05) is 60.8 Å². The number of carbonyl (C=O) groups excluding carboxylic acids is 1. The van der Waals surface area contributed by atoms with Crippen LogP contribution in [0.25, 0.3) is 0 Å². The van der Waals surface area contributed by atoms with Gasteiger partial charge in [0.05, 0.1) is 5.92 Å². The highest BCUT2D eigenvalue weighted by Crippen LogP contribution is 2.16. The van der Waals surface area contributed by atoms with Crippen LogP contribution in [0.4, 0.5) is 0 Å². The van der Waals surface area contributed by atoms with Gasteiger partial charge in [-0.05, 0) is 6.08 Å². The van der Waals surface area contributed by atoms with Crippen molar-refractivity contribution >= 4 is 22.9 Å². The Balaban J connectivity index is 2.26. The maximum absolute atomic E-state index is 12.0. The molecule has 0 aromatic heterocycles. The van der Waals surface area contributed by atoms with Crippen LogP contribution in [0.5, 0.6) is 0 Å². The van der Waals surface area contributed by atoms with Gasteiger partial charge in [0.25, 0.3) is 0 Å². The van der Waals surface area contributed by atoms with Crippen molar-refractivity contribution in [1.29, 1.82) is 0 Å². The fraction of sp³-hybridized carbons (Fsp3) is 0.0769. The van der Waals surface area contributed by atoms with Crippen molar-refractivity contribution in [3.63, 3.8) is 0 Å². The van der Waals surface area contributed by atoms with E-state index in [9.17, 15) is 4.79 Å². The summed E-state index contributed by atoms with van der Waals surface area (Å²) in [6, 6.07) is 9.25. The van der Waals surface area contributed by atoms with Crippen molar-refractivity contribution in [1.82, 2.24) is 0 Å². The third kappa shape index (κ3) is 2.10. The van der Waals surface area contributed by atoms with Crippen LogP contribution < -0.4 is 0 Å². The number of hydrogen-bond donors (Lipinski definition) is 0. The average Bonchev–Trinajstić information content (AvgIpc) is 2.30. The summed E-state index contributed by atoms with van der Waals surface area (Å²) in [5.74, 6) is -0.200. The third-order valence-corrected chi connectivity index (χ3v) is 2.71. The summed E-state index contributed by atoms with van der Waals surface area (Å²) >= 11 is 5.14. The summed E-state index contributed by atoms with van der Waals surface area (Å²) in [4.78, 5) is 12.7. The minimum Gasteiger partial charge on any atom is -0.293 e. The Labute approximate surface area is 94.1 Å². The van der Waals surface area contributed by atoms with Crippen LogP contribution in [0.3, 0.4) is 0 Å². The number of benzene rings is 1. The Morgan fingerprint density at radius 1 is 1.13 bits per heavy atom. The molecular formula is C13H10OS. The first kappa shape index (κ1) is 9.99. The molecule has 0 aliphatic heterocycles. The third-order valence-electron chi connectivity index (χ3n) is 2.32. The topological polar surface area (TPSA) is 17.1 Å². The first-order chi connectivity index (χ1) is 7.29. The van der Waals surface area contributed by atoms with Gasteiger partial charge < -0.3 is 0 Å². The molecule has 15 heavy (non-hydrogen) atoms. The van der Waals surface area contributed by atoms with E-state index in [2.05, 4.69) is 0 Å². The standard InChI is InChI=1S/C13H10OS/c14-13(10-6-2-1-3-7-10)11-8-4-5-9-12(11)15/h1-9,11H. The predicted molar refractivity (Wildman–Crippen MR) is 65.1 cm³/mol. The van der Waals surface area contributed by atoms with Crippen LogP contribution >= 0.6 is 12.2 Å². The smallest absolute Gasteiger partial charge is 0.174 e.